The molecule has 0 aliphatic carbocycles. The van der Waals surface area contributed by atoms with Gasteiger partial charge in [-0.15, -0.1) is 0 Å². The molecule has 4 rings (SSSR count). The van der Waals surface area contributed by atoms with Crippen molar-refractivity contribution in [2.45, 2.75) is 18.9 Å². The number of amides is 4. The fourth-order valence-corrected chi connectivity index (χ4v) is 3.66. The van der Waals surface area contributed by atoms with Gasteiger partial charge in [0.25, 0.3) is 11.8 Å². The highest BCUT2D eigenvalue weighted by molar-refractivity contribution is 6.08. The van der Waals surface area contributed by atoms with Crippen molar-refractivity contribution in [1.82, 2.24) is 15.8 Å². The number of benzene rings is 3. The third-order valence-electron chi connectivity index (χ3n) is 5.23. The summed E-state index contributed by atoms with van der Waals surface area (Å²) in [6.45, 7) is 1.47. The van der Waals surface area contributed by atoms with E-state index in [1.54, 1.807) is 37.3 Å². The Labute approximate surface area is 173 Å². The molecule has 1 heterocycles. The summed E-state index contributed by atoms with van der Waals surface area (Å²) < 4.78 is 5.64. The van der Waals surface area contributed by atoms with Crippen molar-refractivity contribution in [2.24, 2.45) is 0 Å². The molecule has 3 aromatic rings. The predicted octanol–water partition coefficient (Wildman–Crippen LogP) is 3.11. The molecular formula is C23H21N3O4. The van der Waals surface area contributed by atoms with Crippen LogP contribution in [0.3, 0.4) is 0 Å². The minimum absolute atomic E-state index is 0.338. The summed E-state index contributed by atoms with van der Waals surface area (Å²) >= 11 is 0. The van der Waals surface area contributed by atoms with E-state index in [1.165, 1.54) is 0 Å². The molecule has 152 valence electrons. The molecule has 0 unspecified atom stereocenters. The summed E-state index contributed by atoms with van der Waals surface area (Å²) in [5, 5.41) is 5.30. The maximum Gasteiger partial charge on any atom is 0.344 e. The van der Waals surface area contributed by atoms with E-state index in [2.05, 4.69) is 10.7 Å². The molecule has 7 nitrogen and oxygen atoms in total. The number of ether oxygens (including phenoxy) is 1. The van der Waals surface area contributed by atoms with Crippen molar-refractivity contribution in [3.63, 3.8) is 0 Å². The average Bonchev–Trinajstić information content (AvgIpc) is 3.03. The van der Waals surface area contributed by atoms with Gasteiger partial charge in [0.15, 0.2) is 6.61 Å². The van der Waals surface area contributed by atoms with Crippen LogP contribution in [-0.4, -0.2) is 29.5 Å². The van der Waals surface area contributed by atoms with E-state index in [9.17, 15) is 14.4 Å². The predicted molar refractivity (Wildman–Crippen MR) is 111 cm³/mol. The van der Waals surface area contributed by atoms with Crippen molar-refractivity contribution < 1.29 is 19.1 Å². The van der Waals surface area contributed by atoms with Gasteiger partial charge in [-0.05, 0) is 23.4 Å². The van der Waals surface area contributed by atoms with Crippen LogP contribution >= 0.6 is 0 Å². The monoisotopic (exact) mass is 403 g/mol. The number of imide groups is 1. The summed E-state index contributed by atoms with van der Waals surface area (Å²) in [5.41, 5.74) is 1.82. The Morgan fingerprint density at radius 3 is 2.47 bits per heavy atom. The molecule has 0 bridgehead atoms. The third-order valence-corrected chi connectivity index (χ3v) is 5.23. The highest BCUT2D eigenvalue weighted by Crippen LogP contribution is 2.31. The maximum atomic E-state index is 13.0. The lowest BCUT2D eigenvalue weighted by Crippen LogP contribution is -2.49. The standard InChI is InChI=1S/C23H21N3O4/c1-2-23(17-11-4-3-5-12-17)21(28)26(22(29)24-23)25-20(27)15-30-19-14-8-10-16-9-6-7-13-18(16)19/h3-14H,2,15H2,1H3,(H,24,29)(H,25,27)/t23-/m0/s1. The second-order valence-corrected chi connectivity index (χ2v) is 7.00. The number of carbonyl (C=O) groups excluding carboxylic acids is 3. The van der Waals surface area contributed by atoms with Crippen molar-refractivity contribution in [1.29, 1.82) is 0 Å². The third kappa shape index (κ3) is 3.34. The van der Waals surface area contributed by atoms with E-state index < -0.39 is 23.4 Å². The number of hydrogen-bond acceptors (Lipinski definition) is 4. The molecule has 3 aromatic carbocycles. The van der Waals surface area contributed by atoms with Crippen molar-refractivity contribution in [2.75, 3.05) is 6.61 Å². The molecule has 1 atom stereocenters. The van der Waals surface area contributed by atoms with Gasteiger partial charge < -0.3 is 10.1 Å². The van der Waals surface area contributed by atoms with Gasteiger partial charge >= 0.3 is 6.03 Å². The molecule has 0 radical (unpaired) electrons. The van der Waals surface area contributed by atoms with E-state index in [0.29, 0.717) is 17.7 Å². The van der Waals surface area contributed by atoms with E-state index in [4.69, 9.17) is 4.74 Å². The number of carbonyl (C=O) groups is 3. The van der Waals surface area contributed by atoms with Crippen LogP contribution in [0.1, 0.15) is 18.9 Å². The number of nitrogens with zero attached hydrogens (tertiary/aromatic N) is 1. The lowest BCUT2D eigenvalue weighted by Gasteiger charge is -2.25. The summed E-state index contributed by atoms with van der Waals surface area (Å²) in [6.07, 6.45) is 0.348. The summed E-state index contributed by atoms with van der Waals surface area (Å²) in [4.78, 5) is 37.9. The number of fused-ring (bicyclic) bond motifs is 1. The largest absolute Gasteiger partial charge is 0.483 e. The summed E-state index contributed by atoms with van der Waals surface area (Å²) in [5.74, 6) is -0.584. The first-order chi connectivity index (χ1) is 14.5. The van der Waals surface area contributed by atoms with Gasteiger partial charge in [0.05, 0.1) is 0 Å². The van der Waals surface area contributed by atoms with Gasteiger partial charge in [-0.1, -0.05) is 73.7 Å². The second kappa shape index (κ2) is 7.87. The van der Waals surface area contributed by atoms with Crippen LogP contribution in [0.25, 0.3) is 10.8 Å². The number of nitrogens with one attached hydrogen (secondary N) is 2. The van der Waals surface area contributed by atoms with Crippen LogP contribution in [0.15, 0.2) is 72.8 Å². The van der Waals surface area contributed by atoms with Crippen LogP contribution in [0.4, 0.5) is 4.79 Å². The fourth-order valence-electron chi connectivity index (χ4n) is 3.66. The molecule has 30 heavy (non-hydrogen) atoms. The Morgan fingerprint density at radius 2 is 1.70 bits per heavy atom. The first-order valence-electron chi connectivity index (χ1n) is 9.67. The first-order valence-corrected chi connectivity index (χ1v) is 9.67. The number of hydrazine groups is 1. The Balaban J connectivity index is 1.47. The highest BCUT2D eigenvalue weighted by atomic mass is 16.5. The molecule has 1 aliphatic rings. The Kier molecular flexibility index (Phi) is 5.10. The topological polar surface area (TPSA) is 87.7 Å². The van der Waals surface area contributed by atoms with Crippen LogP contribution in [-0.2, 0) is 15.1 Å². The zero-order chi connectivity index (χ0) is 21.1. The normalized spacial score (nSPS) is 18.4. The Bertz CT molecular complexity index is 1110. The van der Waals surface area contributed by atoms with Gasteiger partial charge in [0.2, 0.25) is 0 Å². The fraction of sp³-hybridized carbons (Fsp3) is 0.174. The molecule has 0 saturated carbocycles. The quantitative estimate of drug-likeness (QED) is 0.619. The highest BCUT2D eigenvalue weighted by Gasteiger charge is 2.52. The molecule has 1 fully saturated rings. The molecule has 7 heteroatoms. The van der Waals surface area contributed by atoms with Crippen LogP contribution in [0.5, 0.6) is 5.75 Å². The number of hydrogen-bond donors (Lipinski definition) is 2. The molecule has 0 spiro atoms. The van der Waals surface area contributed by atoms with Gasteiger partial charge in [0, 0.05) is 5.39 Å². The second-order valence-electron chi connectivity index (χ2n) is 7.00. The minimum atomic E-state index is -1.21. The van der Waals surface area contributed by atoms with E-state index in [-0.39, 0.29) is 6.61 Å². The van der Waals surface area contributed by atoms with E-state index >= 15 is 0 Å². The van der Waals surface area contributed by atoms with Gasteiger partial charge in [0.1, 0.15) is 11.3 Å². The molecule has 4 amide bonds. The Hall–Kier alpha value is -3.87. The molecule has 0 aromatic heterocycles. The van der Waals surface area contributed by atoms with E-state index in [0.717, 1.165) is 15.8 Å². The minimum Gasteiger partial charge on any atom is -0.483 e. The Morgan fingerprint density at radius 1 is 1.00 bits per heavy atom. The first kappa shape index (κ1) is 19.4. The van der Waals surface area contributed by atoms with Crippen molar-refractivity contribution >= 4 is 28.6 Å². The zero-order valence-corrected chi connectivity index (χ0v) is 16.4. The molecule has 2 N–H and O–H groups in total. The van der Waals surface area contributed by atoms with E-state index in [1.807, 2.05) is 42.5 Å². The number of urea groups is 1. The smallest absolute Gasteiger partial charge is 0.344 e. The van der Waals surface area contributed by atoms with Crippen LogP contribution < -0.4 is 15.5 Å². The molecule has 1 saturated heterocycles. The summed E-state index contributed by atoms with van der Waals surface area (Å²) in [6, 6.07) is 21.5. The SMILES string of the molecule is CC[C@@]1(c2ccccc2)NC(=O)N(NC(=O)COc2cccc3ccccc23)C1=O. The van der Waals surface area contributed by atoms with Crippen molar-refractivity contribution in [3.05, 3.63) is 78.4 Å². The average molecular weight is 403 g/mol. The van der Waals surface area contributed by atoms with Crippen LogP contribution in [0.2, 0.25) is 0 Å². The maximum absolute atomic E-state index is 13.0. The van der Waals surface area contributed by atoms with Crippen molar-refractivity contribution in [3.8, 4) is 5.75 Å². The van der Waals surface area contributed by atoms with Crippen LogP contribution in [0, 0.1) is 0 Å². The number of rotatable bonds is 6. The lowest BCUT2D eigenvalue weighted by molar-refractivity contribution is -0.140. The molecular weight excluding hydrogens is 382 g/mol. The zero-order valence-electron chi connectivity index (χ0n) is 16.4. The van der Waals surface area contributed by atoms with Gasteiger partial charge in [-0.2, -0.15) is 5.01 Å². The lowest BCUT2D eigenvalue weighted by atomic mass is 9.87. The summed E-state index contributed by atoms with van der Waals surface area (Å²) in [7, 11) is 0. The van der Waals surface area contributed by atoms with Gasteiger partial charge in [-0.25, -0.2) is 4.79 Å². The molecule has 1 aliphatic heterocycles. The van der Waals surface area contributed by atoms with Gasteiger partial charge in [-0.3, -0.25) is 15.0 Å².